The van der Waals surface area contributed by atoms with Gasteiger partial charge in [-0.3, -0.25) is 4.79 Å². The van der Waals surface area contributed by atoms with Crippen molar-refractivity contribution in [2.75, 3.05) is 25.5 Å². The molecule has 0 amide bonds. The van der Waals surface area contributed by atoms with Gasteiger partial charge in [0.2, 0.25) is 0 Å². The third-order valence-corrected chi connectivity index (χ3v) is 3.50. The molecule has 0 fully saturated rings. The summed E-state index contributed by atoms with van der Waals surface area (Å²) in [4.78, 5) is 12.0. The van der Waals surface area contributed by atoms with Crippen LogP contribution < -0.4 is 16.2 Å². The molecule has 0 aliphatic carbocycles. The second-order valence-electron chi connectivity index (χ2n) is 4.52. The van der Waals surface area contributed by atoms with Crippen molar-refractivity contribution in [2.24, 2.45) is 0 Å². The summed E-state index contributed by atoms with van der Waals surface area (Å²) in [5.41, 5.74) is 1.28. The van der Waals surface area contributed by atoms with E-state index in [-0.39, 0.29) is 11.4 Å². The van der Waals surface area contributed by atoms with Crippen LogP contribution in [-0.4, -0.2) is 29.9 Å². The smallest absolute Gasteiger partial charge is 0.269 e. The number of nitrogens with one attached hydrogen (secondary N) is 2. The molecule has 0 bridgehead atoms. The number of aromatic nitrogens is 2. The van der Waals surface area contributed by atoms with Gasteiger partial charge in [-0.05, 0) is 40.7 Å². The molecule has 0 radical (unpaired) electrons. The van der Waals surface area contributed by atoms with Gasteiger partial charge in [0, 0.05) is 19.2 Å². The lowest BCUT2D eigenvalue weighted by Crippen LogP contribution is -2.24. The molecule has 0 unspecified atom stereocenters. The maximum Gasteiger partial charge on any atom is 0.269 e. The maximum atomic E-state index is 13.2. The van der Waals surface area contributed by atoms with Crippen LogP contribution in [0.2, 0.25) is 0 Å². The van der Waals surface area contributed by atoms with E-state index in [1.165, 1.54) is 16.8 Å². The first-order chi connectivity index (χ1) is 10.1. The monoisotopic (exact) mass is 354 g/mol. The van der Waals surface area contributed by atoms with Crippen LogP contribution in [0.1, 0.15) is 5.56 Å². The van der Waals surface area contributed by atoms with Crippen molar-refractivity contribution in [3.8, 4) is 0 Å². The van der Waals surface area contributed by atoms with Gasteiger partial charge in [-0.15, -0.1) is 0 Å². The van der Waals surface area contributed by atoms with E-state index < -0.39 is 0 Å². The summed E-state index contributed by atoms with van der Waals surface area (Å²) < 4.78 is 14.9. The van der Waals surface area contributed by atoms with Gasteiger partial charge >= 0.3 is 0 Å². The molecule has 0 aliphatic heterocycles. The van der Waals surface area contributed by atoms with Crippen molar-refractivity contribution in [1.29, 1.82) is 0 Å². The minimum absolute atomic E-state index is 0.204. The van der Waals surface area contributed by atoms with E-state index in [0.717, 1.165) is 12.1 Å². The average Bonchev–Trinajstić information content (AvgIpc) is 2.46. The third-order valence-electron chi connectivity index (χ3n) is 2.89. The van der Waals surface area contributed by atoms with E-state index in [9.17, 15) is 9.18 Å². The number of hydrogen-bond acceptors (Lipinski definition) is 4. The van der Waals surface area contributed by atoms with E-state index in [4.69, 9.17) is 0 Å². The summed E-state index contributed by atoms with van der Waals surface area (Å²) in [6, 6.07) is 6.13. The Balaban J connectivity index is 2.10. The Morgan fingerprint density at radius 3 is 2.81 bits per heavy atom. The number of halogens is 2. The lowest BCUT2D eigenvalue weighted by molar-refractivity contribution is 0.613. The summed E-state index contributed by atoms with van der Waals surface area (Å²) >= 11 is 3.13. The summed E-state index contributed by atoms with van der Waals surface area (Å²) in [5, 5.41) is 10.2. The van der Waals surface area contributed by atoms with Gasteiger partial charge in [0.1, 0.15) is 5.82 Å². The summed E-state index contributed by atoms with van der Waals surface area (Å²) in [6.45, 7) is 1.81. The molecule has 2 aromatic rings. The number of nitrogens with zero attached hydrogens (tertiary/aromatic N) is 2. The number of rotatable bonds is 6. The highest BCUT2D eigenvalue weighted by Crippen LogP contribution is 2.17. The molecule has 0 saturated carbocycles. The first kappa shape index (κ1) is 15.7. The van der Waals surface area contributed by atoms with Crippen molar-refractivity contribution in [3.05, 3.63) is 56.7 Å². The minimum atomic E-state index is -0.330. The van der Waals surface area contributed by atoms with Crippen LogP contribution >= 0.6 is 15.9 Å². The zero-order valence-corrected chi connectivity index (χ0v) is 13.2. The Hall–Kier alpha value is -1.73. The van der Waals surface area contributed by atoms with Crippen molar-refractivity contribution in [3.63, 3.8) is 0 Å². The van der Waals surface area contributed by atoms with Crippen molar-refractivity contribution in [2.45, 2.75) is 6.54 Å². The second-order valence-corrected chi connectivity index (χ2v) is 5.37. The molecule has 2 rings (SSSR count). The van der Waals surface area contributed by atoms with E-state index in [2.05, 4.69) is 31.7 Å². The lowest BCUT2D eigenvalue weighted by atomic mass is 10.2. The van der Waals surface area contributed by atoms with Gasteiger partial charge in [0.25, 0.3) is 5.56 Å². The van der Waals surface area contributed by atoms with E-state index >= 15 is 0 Å². The molecule has 5 nitrogen and oxygen atoms in total. The van der Waals surface area contributed by atoms with Crippen molar-refractivity contribution >= 4 is 21.6 Å². The second kappa shape index (κ2) is 7.33. The van der Waals surface area contributed by atoms with Gasteiger partial charge < -0.3 is 10.6 Å². The summed E-state index contributed by atoms with van der Waals surface area (Å²) in [7, 11) is 1.86. The third kappa shape index (κ3) is 4.37. The van der Waals surface area contributed by atoms with Crippen LogP contribution in [0.4, 0.5) is 10.1 Å². The fourth-order valence-corrected chi connectivity index (χ4v) is 2.22. The highest BCUT2D eigenvalue weighted by atomic mass is 79.9. The highest BCUT2D eigenvalue weighted by molar-refractivity contribution is 9.10. The van der Waals surface area contributed by atoms with Gasteiger partial charge in [0.15, 0.2) is 0 Å². The molecule has 21 heavy (non-hydrogen) atoms. The zero-order valence-electron chi connectivity index (χ0n) is 11.6. The maximum absolute atomic E-state index is 13.2. The van der Waals surface area contributed by atoms with Crippen LogP contribution in [0.3, 0.4) is 0 Å². The first-order valence-electron chi connectivity index (χ1n) is 6.49. The molecular formula is C14H16BrFN4O. The van der Waals surface area contributed by atoms with E-state index in [1.807, 2.05) is 7.05 Å². The fraction of sp³-hybridized carbons (Fsp3) is 0.286. The molecule has 112 valence electrons. The summed E-state index contributed by atoms with van der Waals surface area (Å²) in [5.74, 6) is -0.330. The normalized spacial score (nSPS) is 10.6. The van der Waals surface area contributed by atoms with Crippen LogP contribution in [0.15, 0.2) is 39.7 Å². The van der Waals surface area contributed by atoms with Gasteiger partial charge in [0.05, 0.1) is 22.9 Å². The molecule has 1 heterocycles. The topological polar surface area (TPSA) is 59.0 Å². The largest absolute Gasteiger partial charge is 0.382 e. The molecule has 0 spiro atoms. The summed E-state index contributed by atoms with van der Waals surface area (Å²) in [6.07, 6.45) is 1.61. The number of likely N-dealkylation sites (N-methyl/N-ethyl adjacent to an activating group) is 1. The Morgan fingerprint density at radius 1 is 1.33 bits per heavy atom. The lowest BCUT2D eigenvalue weighted by Gasteiger charge is -2.08. The predicted octanol–water partition coefficient (Wildman–Crippen LogP) is 1.82. The molecule has 1 aromatic carbocycles. The van der Waals surface area contributed by atoms with Crippen LogP contribution in [0, 0.1) is 5.82 Å². The SMILES string of the molecule is CNCCNc1cnn(Cc2ccc(F)c(Br)c2)c(=O)c1. The van der Waals surface area contributed by atoms with Crippen LogP contribution in [-0.2, 0) is 6.54 Å². The number of hydrogen-bond donors (Lipinski definition) is 2. The molecular weight excluding hydrogens is 339 g/mol. The fourth-order valence-electron chi connectivity index (χ4n) is 1.79. The van der Waals surface area contributed by atoms with Gasteiger partial charge in [-0.1, -0.05) is 6.07 Å². The molecule has 0 atom stereocenters. The molecule has 0 saturated heterocycles. The molecule has 2 N–H and O–H groups in total. The highest BCUT2D eigenvalue weighted by Gasteiger charge is 2.04. The van der Waals surface area contributed by atoms with E-state index in [1.54, 1.807) is 18.3 Å². The van der Waals surface area contributed by atoms with Gasteiger partial charge in [-0.2, -0.15) is 5.10 Å². The minimum Gasteiger partial charge on any atom is -0.382 e. The van der Waals surface area contributed by atoms with Crippen LogP contribution in [0.5, 0.6) is 0 Å². The Morgan fingerprint density at radius 2 is 2.14 bits per heavy atom. The van der Waals surface area contributed by atoms with Crippen LogP contribution in [0.25, 0.3) is 0 Å². The molecule has 7 heteroatoms. The molecule has 0 aliphatic rings. The van der Waals surface area contributed by atoms with Crippen molar-refractivity contribution in [1.82, 2.24) is 15.1 Å². The Bertz CT molecular complexity index is 674. The molecule has 1 aromatic heterocycles. The predicted molar refractivity (Wildman–Crippen MR) is 84.1 cm³/mol. The average molecular weight is 355 g/mol. The first-order valence-corrected chi connectivity index (χ1v) is 7.29. The van der Waals surface area contributed by atoms with Crippen molar-refractivity contribution < 1.29 is 4.39 Å². The van der Waals surface area contributed by atoms with Gasteiger partial charge in [-0.25, -0.2) is 9.07 Å². The zero-order chi connectivity index (χ0) is 15.2. The number of anilines is 1. The Labute approximate surface area is 130 Å². The quantitative estimate of drug-likeness (QED) is 0.777. The van der Waals surface area contributed by atoms with E-state index in [0.29, 0.717) is 23.2 Å². The standard InChI is InChI=1S/C14H16BrFN4O/c1-17-4-5-18-11-7-14(21)20(19-8-11)9-10-2-3-13(16)12(15)6-10/h2-3,6-8,17-18H,4-5,9H2,1H3. The Kier molecular flexibility index (Phi) is 5.46. The number of benzene rings is 1.